The van der Waals surface area contributed by atoms with Crippen molar-refractivity contribution in [2.24, 2.45) is 46.8 Å². The second-order valence-electron chi connectivity index (χ2n) is 9.45. The summed E-state index contributed by atoms with van der Waals surface area (Å²) in [6.45, 7) is 4.14. The van der Waals surface area contributed by atoms with E-state index in [0.29, 0.717) is 41.3 Å². The monoisotopic (exact) mass is 379 g/mol. The number of aliphatic carboxylic acids is 1. The first-order chi connectivity index (χ1) is 13.5. The second-order valence-corrected chi connectivity index (χ2v) is 9.45. The van der Waals surface area contributed by atoms with Crippen LogP contribution in [0, 0.1) is 40.9 Å². The molecule has 1 aromatic carbocycles. The summed E-state index contributed by atoms with van der Waals surface area (Å²) < 4.78 is 5.71. The molecule has 6 saturated carbocycles. The van der Waals surface area contributed by atoms with Gasteiger partial charge in [-0.05, 0) is 67.6 Å². The van der Waals surface area contributed by atoms with E-state index in [1.165, 1.54) is 0 Å². The lowest BCUT2D eigenvalue weighted by atomic mass is 8.92. The van der Waals surface area contributed by atoms with Gasteiger partial charge in [0.25, 0.3) is 0 Å². The zero-order chi connectivity index (χ0) is 19.2. The van der Waals surface area contributed by atoms with Gasteiger partial charge in [-0.3, -0.25) is 10.6 Å². The number of benzene rings is 1. The Morgan fingerprint density at radius 3 is 2.43 bits per heavy atom. The summed E-state index contributed by atoms with van der Waals surface area (Å²) in [6.07, 6.45) is 0. The van der Waals surface area contributed by atoms with Gasteiger partial charge >= 0.3 is 5.97 Å². The Balaban J connectivity index is 1.19. The fourth-order valence-electron chi connectivity index (χ4n) is 8.14. The summed E-state index contributed by atoms with van der Waals surface area (Å²) in [5, 5.41) is 17.2. The van der Waals surface area contributed by atoms with Gasteiger partial charge in [0.05, 0.1) is 22.2 Å². The maximum atomic E-state index is 11.7. The van der Waals surface area contributed by atoms with E-state index in [0.717, 1.165) is 22.8 Å². The number of nitrogens with two attached hydrogens (primary N) is 1. The van der Waals surface area contributed by atoms with Crippen molar-refractivity contribution in [3.8, 4) is 11.4 Å². The van der Waals surface area contributed by atoms with E-state index >= 15 is 0 Å². The number of carbonyl (C=O) groups is 1. The molecule has 2 aromatic rings. The van der Waals surface area contributed by atoms with Crippen LogP contribution in [0.3, 0.4) is 0 Å². The van der Waals surface area contributed by atoms with Crippen LogP contribution in [0.2, 0.25) is 0 Å². The highest BCUT2D eigenvalue weighted by Gasteiger charge is 3.13. The van der Waals surface area contributed by atoms with Gasteiger partial charge in [0.15, 0.2) is 0 Å². The Morgan fingerprint density at radius 2 is 1.86 bits per heavy atom. The van der Waals surface area contributed by atoms with Crippen LogP contribution in [0.25, 0.3) is 11.4 Å². The van der Waals surface area contributed by atoms with Crippen LogP contribution in [-0.2, 0) is 10.2 Å². The van der Waals surface area contributed by atoms with Crippen LogP contribution >= 0.6 is 0 Å². The summed E-state index contributed by atoms with van der Waals surface area (Å²) in [5.41, 5.74) is 4.90. The Morgan fingerprint density at radius 1 is 1.18 bits per heavy atom. The van der Waals surface area contributed by atoms with E-state index in [9.17, 15) is 9.90 Å². The summed E-state index contributed by atoms with van der Waals surface area (Å²) >= 11 is 0. The molecule has 6 aliphatic rings. The van der Waals surface area contributed by atoms with Gasteiger partial charge in [0, 0.05) is 11.6 Å². The Kier molecular flexibility index (Phi) is 2.30. The number of hydrogen-bond donors (Lipinski definition) is 4. The maximum Gasteiger partial charge on any atom is 0.310 e. The first-order valence-corrected chi connectivity index (χ1v) is 9.94. The third kappa shape index (κ3) is 1.14. The van der Waals surface area contributed by atoms with E-state index in [4.69, 9.17) is 15.3 Å². The van der Waals surface area contributed by atoms with E-state index < -0.39 is 5.97 Å². The van der Waals surface area contributed by atoms with Gasteiger partial charge < -0.3 is 20.4 Å². The van der Waals surface area contributed by atoms with Crippen molar-refractivity contribution in [3.63, 3.8) is 0 Å². The topological polar surface area (TPSA) is 126 Å². The van der Waals surface area contributed by atoms with Crippen molar-refractivity contribution >= 4 is 17.3 Å². The van der Waals surface area contributed by atoms with Gasteiger partial charge in [-0.25, -0.2) is 0 Å². The standard InChI is InChI=1S/C20H21N5O3/c1-6(2)22-8-4-3-7(5-9(8)24-21)16-23-17(28-25-16)19-10-13-11(19)15-12(19)14(10)20(13,15)18(26)27/h3-6,10-15,22,24H,21H2,1-2H3,(H,26,27). The molecule has 6 fully saturated rings. The molecule has 0 saturated heterocycles. The molecule has 5 N–H and O–H groups in total. The van der Waals surface area contributed by atoms with Crippen LogP contribution in [0.4, 0.5) is 11.4 Å². The van der Waals surface area contributed by atoms with Crippen molar-refractivity contribution < 1.29 is 14.4 Å². The molecule has 0 atom stereocenters. The van der Waals surface area contributed by atoms with E-state index in [1.54, 1.807) is 0 Å². The highest BCUT2D eigenvalue weighted by molar-refractivity contribution is 5.88. The molecule has 8 rings (SSSR count). The van der Waals surface area contributed by atoms with Crippen LogP contribution in [0.1, 0.15) is 19.7 Å². The number of nitrogens with one attached hydrogen (secondary N) is 2. The molecule has 6 aliphatic carbocycles. The quantitative estimate of drug-likeness (QED) is 0.443. The van der Waals surface area contributed by atoms with Crippen LogP contribution in [-0.4, -0.2) is 27.3 Å². The van der Waals surface area contributed by atoms with Gasteiger partial charge in [0.1, 0.15) is 0 Å². The van der Waals surface area contributed by atoms with Crippen molar-refractivity contribution in [1.82, 2.24) is 10.1 Å². The number of rotatable bonds is 6. The predicted octanol–water partition coefficient (Wildman–Crippen LogP) is 1.92. The molecular weight excluding hydrogens is 358 g/mol. The minimum Gasteiger partial charge on any atom is -0.481 e. The number of nitrogens with zero attached hydrogens (tertiary/aromatic N) is 2. The Labute approximate surface area is 160 Å². The van der Waals surface area contributed by atoms with E-state index in [2.05, 4.69) is 29.7 Å². The third-order valence-corrected chi connectivity index (χ3v) is 8.68. The summed E-state index contributed by atoms with van der Waals surface area (Å²) in [6, 6.07) is 6.12. The molecule has 0 spiro atoms. The molecule has 1 heterocycles. The zero-order valence-corrected chi connectivity index (χ0v) is 15.5. The van der Waals surface area contributed by atoms with Crippen LogP contribution < -0.4 is 16.6 Å². The number of carboxylic acid groups (broad SMARTS) is 1. The number of anilines is 2. The normalized spacial score (nSPS) is 44.4. The van der Waals surface area contributed by atoms with Gasteiger partial charge in [-0.2, -0.15) is 4.98 Å². The number of hydrazine groups is 1. The molecule has 0 aliphatic heterocycles. The van der Waals surface area contributed by atoms with E-state index in [-0.39, 0.29) is 16.9 Å². The summed E-state index contributed by atoms with van der Waals surface area (Å²) in [7, 11) is 0. The van der Waals surface area contributed by atoms with Crippen molar-refractivity contribution in [3.05, 3.63) is 24.1 Å². The van der Waals surface area contributed by atoms with Crippen LogP contribution in [0.15, 0.2) is 22.7 Å². The number of hydrogen-bond acceptors (Lipinski definition) is 7. The predicted molar refractivity (Wildman–Crippen MR) is 99.0 cm³/mol. The van der Waals surface area contributed by atoms with Gasteiger partial charge in [-0.15, -0.1) is 0 Å². The van der Waals surface area contributed by atoms with Crippen LogP contribution in [0.5, 0.6) is 0 Å². The zero-order valence-electron chi connectivity index (χ0n) is 15.5. The third-order valence-electron chi connectivity index (χ3n) is 8.68. The number of aromatic nitrogens is 2. The molecule has 8 heteroatoms. The minimum absolute atomic E-state index is 0.00344. The molecule has 0 bridgehead atoms. The summed E-state index contributed by atoms with van der Waals surface area (Å²) in [5.74, 6) is 8.82. The maximum absolute atomic E-state index is 11.7. The average Bonchev–Trinajstić information content (AvgIpc) is 3.17. The molecule has 28 heavy (non-hydrogen) atoms. The number of carboxylic acids is 1. The minimum atomic E-state index is -0.576. The lowest BCUT2D eigenvalue weighted by molar-refractivity contribution is -0.616. The lowest BCUT2D eigenvalue weighted by Gasteiger charge is -3.09. The number of nitrogen functional groups attached to an aromatic ring is 1. The molecule has 0 radical (unpaired) electrons. The molecule has 0 amide bonds. The fraction of sp³-hybridized carbons (Fsp3) is 0.550. The van der Waals surface area contributed by atoms with Crippen molar-refractivity contribution in [1.29, 1.82) is 0 Å². The Bertz CT molecular complexity index is 1020. The molecule has 144 valence electrons. The molecule has 0 unspecified atom stereocenters. The highest BCUT2D eigenvalue weighted by Crippen LogP contribution is 3.09. The second kappa shape index (κ2) is 4.20. The first kappa shape index (κ1) is 15.3. The Hall–Kier alpha value is -2.61. The van der Waals surface area contributed by atoms with Gasteiger partial charge in [0.2, 0.25) is 11.7 Å². The molecule has 1 aromatic heterocycles. The SMILES string of the molecule is CC(C)Nc1ccc(-c2noc(C34C5C6C3C3C4C5C63C(=O)O)n2)cc1NN. The van der Waals surface area contributed by atoms with Crippen molar-refractivity contribution in [2.45, 2.75) is 25.3 Å². The summed E-state index contributed by atoms with van der Waals surface area (Å²) in [4.78, 5) is 16.4. The highest BCUT2D eigenvalue weighted by atomic mass is 16.5. The van der Waals surface area contributed by atoms with Crippen molar-refractivity contribution in [2.75, 3.05) is 10.7 Å². The largest absolute Gasteiger partial charge is 0.481 e. The fourth-order valence-corrected chi connectivity index (χ4v) is 8.14. The molecule has 8 nitrogen and oxygen atoms in total. The smallest absolute Gasteiger partial charge is 0.310 e. The molecular formula is C20H21N5O3. The lowest BCUT2D eigenvalue weighted by Crippen LogP contribution is -3.12. The van der Waals surface area contributed by atoms with Gasteiger partial charge in [-0.1, -0.05) is 5.16 Å². The first-order valence-electron chi connectivity index (χ1n) is 9.94. The average molecular weight is 379 g/mol. The van der Waals surface area contributed by atoms with E-state index in [1.807, 2.05) is 18.2 Å².